The largest absolute Gasteiger partial charge is 0.393 e. The maximum atomic E-state index is 9.17. The van der Waals surface area contributed by atoms with Crippen LogP contribution in [0.5, 0.6) is 0 Å². The lowest BCUT2D eigenvalue weighted by molar-refractivity contribution is 0.180. The van der Waals surface area contributed by atoms with E-state index in [-0.39, 0.29) is 12.0 Å². The number of hydrogen-bond acceptors (Lipinski definition) is 2. The van der Waals surface area contributed by atoms with Crippen molar-refractivity contribution in [2.24, 2.45) is 5.92 Å². The minimum Gasteiger partial charge on any atom is -0.393 e. The van der Waals surface area contributed by atoms with Crippen LogP contribution in [-0.4, -0.2) is 11.2 Å². The molecule has 1 N–H and O–H groups in total. The minimum absolute atomic E-state index is 0.201. The van der Waals surface area contributed by atoms with Crippen LogP contribution < -0.4 is 0 Å². The SMILES string of the molecule is C=C=C(C#N)C1CCC(O)C1. The standard InChI is InChI=1S/C9H11NO/c1-2-7(6-10)8-3-4-9(11)5-8/h8-9,11H,1,3-5H2. The molecule has 1 aliphatic rings. The molecule has 0 spiro atoms. The van der Waals surface area contributed by atoms with Gasteiger partial charge < -0.3 is 5.11 Å². The van der Waals surface area contributed by atoms with Crippen molar-refractivity contribution in [3.63, 3.8) is 0 Å². The molecule has 0 aromatic carbocycles. The lowest BCUT2D eigenvalue weighted by atomic mass is 10.00. The Morgan fingerprint density at radius 2 is 2.27 bits per heavy atom. The van der Waals surface area contributed by atoms with Crippen molar-refractivity contribution in [1.82, 2.24) is 0 Å². The second-order valence-corrected chi connectivity index (χ2v) is 2.87. The third-order valence-electron chi connectivity index (χ3n) is 2.12. The van der Waals surface area contributed by atoms with Crippen molar-refractivity contribution < 1.29 is 5.11 Å². The molecule has 1 aliphatic carbocycles. The molecule has 0 heterocycles. The van der Waals surface area contributed by atoms with Crippen LogP contribution in [-0.2, 0) is 0 Å². The van der Waals surface area contributed by atoms with E-state index in [0.29, 0.717) is 12.0 Å². The summed E-state index contributed by atoms with van der Waals surface area (Å²) in [5, 5.41) is 17.8. The third-order valence-corrected chi connectivity index (χ3v) is 2.12. The Balaban J connectivity index is 2.64. The van der Waals surface area contributed by atoms with Gasteiger partial charge in [-0.2, -0.15) is 5.26 Å². The first-order valence-electron chi connectivity index (χ1n) is 3.76. The Bertz CT molecular complexity index is 232. The summed E-state index contributed by atoms with van der Waals surface area (Å²) in [4.78, 5) is 0. The molecule has 0 amide bonds. The summed E-state index contributed by atoms with van der Waals surface area (Å²) in [6.45, 7) is 3.44. The van der Waals surface area contributed by atoms with Crippen LogP contribution in [0.1, 0.15) is 19.3 Å². The molecule has 0 aromatic heterocycles. The summed E-state index contributed by atoms with van der Waals surface area (Å²) in [6, 6.07) is 2.05. The van der Waals surface area contributed by atoms with Crippen LogP contribution in [0.2, 0.25) is 0 Å². The Morgan fingerprint density at radius 1 is 1.55 bits per heavy atom. The van der Waals surface area contributed by atoms with Crippen LogP contribution in [0.25, 0.3) is 0 Å². The van der Waals surface area contributed by atoms with Gasteiger partial charge in [-0.05, 0) is 19.3 Å². The molecule has 2 heteroatoms. The van der Waals surface area contributed by atoms with Crippen LogP contribution in [0.3, 0.4) is 0 Å². The van der Waals surface area contributed by atoms with Crippen molar-refractivity contribution in [3.05, 3.63) is 17.9 Å². The normalized spacial score (nSPS) is 29.1. The Hall–Kier alpha value is -1.03. The van der Waals surface area contributed by atoms with Crippen molar-refractivity contribution in [2.45, 2.75) is 25.4 Å². The smallest absolute Gasteiger partial charge is 0.103 e. The van der Waals surface area contributed by atoms with Crippen molar-refractivity contribution in [2.75, 3.05) is 0 Å². The van der Waals surface area contributed by atoms with Gasteiger partial charge in [-0.25, -0.2) is 0 Å². The molecule has 11 heavy (non-hydrogen) atoms. The highest BCUT2D eigenvalue weighted by Gasteiger charge is 2.25. The quantitative estimate of drug-likeness (QED) is 0.452. The molecule has 1 saturated carbocycles. The van der Waals surface area contributed by atoms with E-state index in [1.54, 1.807) is 0 Å². The second-order valence-electron chi connectivity index (χ2n) is 2.87. The van der Waals surface area contributed by atoms with Gasteiger partial charge in [-0.3, -0.25) is 0 Å². The molecule has 0 bridgehead atoms. The Morgan fingerprint density at radius 3 is 2.64 bits per heavy atom. The van der Waals surface area contributed by atoms with E-state index >= 15 is 0 Å². The van der Waals surface area contributed by atoms with E-state index in [1.165, 1.54) is 0 Å². The first-order valence-corrected chi connectivity index (χ1v) is 3.76. The number of aliphatic hydroxyl groups is 1. The third kappa shape index (κ3) is 1.71. The summed E-state index contributed by atoms with van der Waals surface area (Å²) < 4.78 is 0. The van der Waals surface area contributed by atoms with Crippen LogP contribution >= 0.6 is 0 Å². The monoisotopic (exact) mass is 149 g/mol. The fourth-order valence-electron chi connectivity index (χ4n) is 1.50. The maximum absolute atomic E-state index is 9.17. The fraction of sp³-hybridized carbons (Fsp3) is 0.556. The zero-order valence-corrected chi connectivity index (χ0v) is 6.38. The average Bonchev–Trinajstić information content (AvgIpc) is 2.39. The van der Waals surface area contributed by atoms with Crippen LogP contribution in [0.4, 0.5) is 0 Å². The first-order chi connectivity index (χ1) is 5.27. The summed E-state index contributed by atoms with van der Waals surface area (Å²) >= 11 is 0. The molecule has 2 atom stereocenters. The molecule has 1 fully saturated rings. The number of rotatable bonds is 1. The van der Waals surface area contributed by atoms with Gasteiger partial charge in [0.25, 0.3) is 0 Å². The zero-order valence-electron chi connectivity index (χ0n) is 6.38. The zero-order chi connectivity index (χ0) is 8.27. The number of hydrogen-bond donors (Lipinski definition) is 1. The van der Waals surface area contributed by atoms with E-state index in [9.17, 15) is 0 Å². The van der Waals surface area contributed by atoms with Crippen molar-refractivity contribution in [1.29, 1.82) is 5.26 Å². The van der Waals surface area contributed by atoms with Crippen LogP contribution in [0.15, 0.2) is 17.9 Å². The van der Waals surface area contributed by atoms with E-state index in [0.717, 1.165) is 12.8 Å². The van der Waals surface area contributed by atoms with E-state index in [1.807, 2.05) is 6.07 Å². The number of aliphatic hydroxyl groups excluding tert-OH is 1. The highest BCUT2D eigenvalue weighted by atomic mass is 16.3. The minimum atomic E-state index is -0.225. The van der Waals surface area contributed by atoms with Crippen molar-refractivity contribution in [3.8, 4) is 6.07 Å². The molecule has 58 valence electrons. The van der Waals surface area contributed by atoms with Crippen LogP contribution in [0, 0.1) is 17.2 Å². The highest BCUT2D eigenvalue weighted by molar-refractivity contribution is 5.23. The molecule has 2 nitrogen and oxygen atoms in total. The lowest BCUT2D eigenvalue weighted by Crippen LogP contribution is -2.01. The van der Waals surface area contributed by atoms with E-state index < -0.39 is 0 Å². The highest BCUT2D eigenvalue weighted by Crippen LogP contribution is 2.30. The predicted octanol–water partition coefficient (Wildman–Crippen LogP) is 1.38. The number of nitriles is 1. The first kappa shape index (κ1) is 8.07. The van der Waals surface area contributed by atoms with Gasteiger partial charge in [0.1, 0.15) is 6.07 Å². The molecular weight excluding hydrogens is 138 g/mol. The molecular formula is C9H11NO. The fourth-order valence-corrected chi connectivity index (χ4v) is 1.50. The van der Waals surface area contributed by atoms with Gasteiger partial charge in [-0.15, -0.1) is 5.73 Å². The summed E-state index contributed by atoms with van der Waals surface area (Å²) in [7, 11) is 0. The Labute approximate surface area is 66.5 Å². The summed E-state index contributed by atoms with van der Waals surface area (Å²) in [5.74, 6) is 0.201. The second kappa shape index (κ2) is 3.39. The number of nitrogens with zero attached hydrogens (tertiary/aromatic N) is 1. The van der Waals surface area contributed by atoms with Gasteiger partial charge in [0.15, 0.2) is 0 Å². The molecule has 0 aliphatic heterocycles. The maximum Gasteiger partial charge on any atom is 0.103 e. The number of allylic oxidation sites excluding steroid dienone is 1. The lowest BCUT2D eigenvalue weighted by Gasteiger charge is -2.03. The van der Waals surface area contributed by atoms with Crippen molar-refractivity contribution >= 4 is 0 Å². The average molecular weight is 149 g/mol. The molecule has 2 unspecified atom stereocenters. The van der Waals surface area contributed by atoms with Gasteiger partial charge in [0, 0.05) is 5.92 Å². The van der Waals surface area contributed by atoms with E-state index in [4.69, 9.17) is 10.4 Å². The topological polar surface area (TPSA) is 44.0 Å². The Kier molecular flexibility index (Phi) is 2.48. The van der Waals surface area contributed by atoms with Gasteiger partial charge >= 0.3 is 0 Å². The molecule has 0 saturated heterocycles. The molecule has 0 radical (unpaired) electrons. The summed E-state index contributed by atoms with van der Waals surface area (Å²) in [5.41, 5.74) is 3.21. The molecule has 1 rings (SSSR count). The predicted molar refractivity (Wildman–Crippen MR) is 41.6 cm³/mol. The van der Waals surface area contributed by atoms with E-state index in [2.05, 4.69) is 12.3 Å². The summed E-state index contributed by atoms with van der Waals surface area (Å²) in [6.07, 6.45) is 2.17. The molecule has 0 aromatic rings. The van der Waals surface area contributed by atoms with Gasteiger partial charge in [0.2, 0.25) is 0 Å². The van der Waals surface area contributed by atoms with Gasteiger partial charge in [0.05, 0.1) is 11.7 Å². The van der Waals surface area contributed by atoms with Gasteiger partial charge in [-0.1, -0.05) is 6.58 Å².